The Labute approximate surface area is 199 Å². The van der Waals surface area contributed by atoms with E-state index in [0.717, 1.165) is 50.4 Å². The van der Waals surface area contributed by atoms with Crippen LogP contribution >= 0.6 is 0 Å². The minimum absolute atomic E-state index is 0.493. The number of rotatable bonds is 7. The Balaban J connectivity index is 1.81. The third kappa shape index (κ3) is 5.07. The van der Waals surface area contributed by atoms with Gasteiger partial charge in [-0.2, -0.15) is 0 Å². The summed E-state index contributed by atoms with van der Waals surface area (Å²) in [7, 11) is -3.26. The molecule has 4 aromatic rings. The fourth-order valence-corrected chi connectivity index (χ4v) is 5.46. The average Bonchev–Trinajstić information content (AvgIpc) is 2.82. The summed E-state index contributed by atoms with van der Waals surface area (Å²) in [4.78, 5) is 15.3. The number of carboxylic acid groups (broad SMARTS) is 1. The monoisotopic (exact) mass is 471 g/mol. The molecule has 0 saturated carbocycles. The van der Waals surface area contributed by atoms with E-state index in [9.17, 15) is 13.2 Å². The highest BCUT2D eigenvalue weighted by Gasteiger charge is 2.22. The quantitative estimate of drug-likeness (QED) is 0.326. The zero-order valence-corrected chi connectivity index (χ0v) is 19.8. The molecule has 1 aromatic heterocycles. The van der Waals surface area contributed by atoms with Crippen LogP contribution < -0.4 is 0 Å². The summed E-state index contributed by atoms with van der Waals surface area (Å²) in [5.74, 6) is -0.985. The van der Waals surface area contributed by atoms with Crippen molar-refractivity contribution in [1.82, 2.24) is 4.98 Å². The molecule has 0 saturated heterocycles. The summed E-state index contributed by atoms with van der Waals surface area (Å²) in [6.45, 7) is 1.88. The normalized spacial score (nSPS) is 12.8. The van der Waals surface area contributed by atoms with Crippen LogP contribution in [0.4, 0.5) is 0 Å². The van der Waals surface area contributed by atoms with Gasteiger partial charge in [-0.1, -0.05) is 55.5 Å². The van der Waals surface area contributed by atoms with Gasteiger partial charge >= 0.3 is 5.97 Å². The number of sulfone groups is 1. The van der Waals surface area contributed by atoms with Crippen molar-refractivity contribution < 1.29 is 18.3 Å². The fraction of sp³-hybridized carbons (Fsp3) is 0.143. The highest BCUT2D eigenvalue weighted by Crippen LogP contribution is 2.36. The molecule has 0 aliphatic rings. The maximum absolute atomic E-state index is 12.4. The summed E-state index contributed by atoms with van der Waals surface area (Å²) >= 11 is 0. The molecule has 6 heteroatoms. The van der Waals surface area contributed by atoms with Crippen molar-refractivity contribution in [3.05, 3.63) is 96.2 Å². The molecule has 1 N–H and O–H groups in total. The molecule has 4 rings (SSSR count). The van der Waals surface area contributed by atoms with Gasteiger partial charge in [0.25, 0.3) is 0 Å². The van der Waals surface area contributed by atoms with Crippen molar-refractivity contribution in [3.8, 4) is 22.3 Å². The molecule has 3 aromatic carbocycles. The van der Waals surface area contributed by atoms with Crippen LogP contribution in [0.3, 0.4) is 0 Å². The van der Waals surface area contributed by atoms with Gasteiger partial charge in [-0.05, 0) is 64.6 Å². The SMILES string of the molecule is CCC(c1cc(-c2cccc(-c3ccc(C=CC(=O)O)cc3)c2)c2ncccc2c1)S(C)(=O)=O. The lowest BCUT2D eigenvalue weighted by molar-refractivity contribution is -0.131. The molecular weight excluding hydrogens is 446 g/mol. The molecule has 0 aliphatic heterocycles. The second-order valence-electron chi connectivity index (χ2n) is 8.24. The zero-order chi connectivity index (χ0) is 24.3. The van der Waals surface area contributed by atoms with Gasteiger partial charge in [0.05, 0.1) is 10.8 Å². The van der Waals surface area contributed by atoms with Crippen molar-refractivity contribution in [1.29, 1.82) is 0 Å². The largest absolute Gasteiger partial charge is 0.478 e. The molecule has 0 fully saturated rings. The fourth-order valence-electron chi connectivity index (χ4n) is 4.23. The van der Waals surface area contributed by atoms with Crippen LogP contribution in [0, 0.1) is 0 Å². The van der Waals surface area contributed by atoms with Gasteiger partial charge in [-0.3, -0.25) is 4.98 Å². The van der Waals surface area contributed by atoms with E-state index in [1.165, 1.54) is 6.26 Å². The van der Waals surface area contributed by atoms with Gasteiger partial charge < -0.3 is 5.11 Å². The molecule has 1 atom stereocenters. The van der Waals surface area contributed by atoms with Crippen LogP contribution in [0.5, 0.6) is 0 Å². The number of aromatic nitrogens is 1. The second kappa shape index (κ2) is 9.61. The van der Waals surface area contributed by atoms with Crippen LogP contribution in [0.15, 0.2) is 85.1 Å². The van der Waals surface area contributed by atoms with E-state index >= 15 is 0 Å². The lowest BCUT2D eigenvalue weighted by Gasteiger charge is -2.17. The van der Waals surface area contributed by atoms with Crippen molar-refractivity contribution in [3.63, 3.8) is 0 Å². The van der Waals surface area contributed by atoms with Gasteiger partial charge in [0.2, 0.25) is 0 Å². The third-order valence-electron chi connectivity index (χ3n) is 5.82. The predicted octanol–water partition coefficient (Wildman–Crippen LogP) is 6.16. The Morgan fingerprint density at radius 3 is 2.38 bits per heavy atom. The van der Waals surface area contributed by atoms with Gasteiger partial charge in [0, 0.05) is 29.5 Å². The van der Waals surface area contributed by atoms with Crippen LogP contribution in [-0.4, -0.2) is 30.7 Å². The molecule has 34 heavy (non-hydrogen) atoms. The van der Waals surface area contributed by atoms with Gasteiger partial charge in [0.15, 0.2) is 9.84 Å². The third-order valence-corrected chi connectivity index (χ3v) is 7.46. The number of benzene rings is 3. The average molecular weight is 472 g/mol. The van der Waals surface area contributed by atoms with Crippen LogP contribution in [0.25, 0.3) is 39.2 Å². The summed E-state index contributed by atoms with van der Waals surface area (Å²) in [6, 6.07) is 23.4. The lowest BCUT2D eigenvalue weighted by atomic mass is 9.94. The smallest absolute Gasteiger partial charge is 0.328 e. The van der Waals surface area contributed by atoms with Crippen LogP contribution in [0.1, 0.15) is 29.7 Å². The highest BCUT2D eigenvalue weighted by molar-refractivity contribution is 7.90. The molecule has 0 radical (unpaired) electrons. The standard InChI is InChI=1S/C28H25NO4S/c1-3-26(34(2,32)33)24-17-23-8-5-15-29-28(23)25(18-24)22-7-4-6-21(16-22)20-12-9-19(10-13-20)11-14-27(30)31/h4-18,26H,3H2,1-2H3,(H,30,31). The topological polar surface area (TPSA) is 84.3 Å². The predicted molar refractivity (Wildman–Crippen MR) is 137 cm³/mol. The number of hydrogen-bond acceptors (Lipinski definition) is 4. The van der Waals surface area contributed by atoms with E-state index < -0.39 is 21.1 Å². The number of fused-ring (bicyclic) bond motifs is 1. The van der Waals surface area contributed by atoms with E-state index in [0.29, 0.717) is 6.42 Å². The number of hydrogen-bond donors (Lipinski definition) is 1. The first kappa shape index (κ1) is 23.4. The van der Waals surface area contributed by atoms with Crippen molar-refractivity contribution in [2.75, 3.05) is 6.26 Å². The summed E-state index contributed by atoms with van der Waals surface area (Å²) in [5.41, 5.74) is 6.21. The maximum Gasteiger partial charge on any atom is 0.328 e. The molecule has 1 unspecified atom stereocenters. The Morgan fingerprint density at radius 2 is 1.71 bits per heavy atom. The Hall–Kier alpha value is -3.77. The van der Waals surface area contributed by atoms with Gasteiger partial charge in [-0.25, -0.2) is 13.2 Å². The number of carboxylic acids is 1. The number of carbonyl (C=O) groups is 1. The van der Waals surface area contributed by atoms with Crippen molar-refractivity contribution >= 4 is 32.8 Å². The second-order valence-corrected chi connectivity index (χ2v) is 10.5. The van der Waals surface area contributed by atoms with E-state index in [-0.39, 0.29) is 0 Å². The van der Waals surface area contributed by atoms with Gasteiger partial charge in [0.1, 0.15) is 0 Å². The van der Waals surface area contributed by atoms with Crippen LogP contribution in [-0.2, 0) is 14.6 Å². The molecule has 0 amide bonds. The summed E-state index contributed by atoms with van der Waals surface area (Å²) in [6.07, 6.45) is 6.18. The molecule has 5 nitrogen and oxygen atoms in total. The van der Waals surface area contributed by atoms with E-state index in [1.807, 2.05) is 73.7 Å². The Bertz CT molecular complexity index is 1490. The first-order chi connectivity index (χ1) is 16.3. The number of pyridine rings is 1. The maximum atomic E-state index is 12.4. The Morgan fingerprint density at radius 1 is 0.971 bits per heavy atom. The highest BCUT2D eigenvalue weighted by atomic mass is 32.2. The van der Waals surface area contributed by atoms with E-state index in [1.54, 1.807) is 12.3 Å². The van der Waals surface area contributed by atoms with E-state index in [4.69, 9.17) is 5.11 Å². The molecule has 0 bridgehead atoms. The van der Waals surface area contributed by atoms with E-state index in [2.05, 4.69) is 11.1 Å². The van der Waals surface area contributed by atoms with Gasteiger partial charge in [-0.15, -0.1) is 0 Å². The van der Waals surface area contributed by atoms with Crippen molar-refractivity contribution in [2.45, 2.75) is 18.6 Å². The number of nitrogens with zero attached hydrogens (tertiary/aromatic N) is 1. The van der Waals surface area contributed by atoms with Crippen molar-refractivity contribution in [2.24, 2.45) is 0 Å². The zero-order valence-electron chi connectivity index (χ0n) is 19.0. The van der Waals surface area contributed by atoms with Crippen LogP contribution in [0.2, 0.25) is 0 Å². The lowest BCUT2D eigenvalue weighted by Crippen LogP contribution is -2.10. The molecule has 172 valence electrons. The summed E-state index contributed by atoms with van der Waals surface area (Å²) < 4.78 is 24.9. The summed E-state index contributed by atoms with van der Waals surface area (Å²) in [5, 5.41) is 9.13. The first-order valence-corrected chi connectivity index (χ1v) is 12.9. The number of aliphatic carboxylic acids is 1. The first-order valence-electron chi connectivity index (χ1n) is 11.0. The Kier molecular flexibility index (Phi) is 6.61. The molecule has 1 heterocycles. The minimum atomic E-state index is -3.26. The molecule has 0 aliphatic carbocycles. The molecule has 0 spiro atoms. The minimum Gasteiger partial charge on any atom is -0.478 e. The molecular formula is C28H25NO4S.